The van der Waals surface area contributed by atoms with Crippen LogP contribution in [-0.2, 0) is 16.0 Å². The van der Waals surface area contributed by atoms with Crippen LogP contribution in [0.1, 0.15) is 22.3 Å². The van der Waals surface area contributed by atoms with Gasteiger partial charge in [0.15, 0.2) is 0 Å². The molecule has 2 N–H and O–H groups in total. The van der Waals surface area contributed by atoms with Gasteiger partial charge in [-0.15, -0.1) is 0 Å². The van der Waals surface area contributed by atoms with Gasteiger partial charge in [0, 0.05) is 36.1 Å². The second-order valence-electron chi connectivity index (χ2n) is 6.70. The van der Waals surface area contributed by atoms with Gasteiger partial charge < -0.3 is 15.4 Å². The summed E-state index contributed by atoms with van der Waals surface area (Å²) in [5, 5.41) is 6.37. The number of rotatable bonds is 7. The Bertz CT molecular complexity index is 759. The van der Waals surface area contributed by atoms with E-state index in [0.717, 1.165) is 18.6 Å². The molecule has 0 saturated carbocycles. The van der Waals surface area contributed by atoms with Crippen molar-refractivity contribution in [3.05, 3.63) is 70.7 Å². The molecule has 0 radical (unpaired) electrons. The van der Waals surface area contributed by atoms with E-state index in [1.165, 1.54) is 0 Å². The number of nitrogens with one attached hydrogen (secondary N) is 2. The molecule has 1 fully saturated rings. The average molecular weight is 387 g/mol. The molecule has 2 amide bonds. The number of ether oxygens (including phenoxy) is 1. The molecule has 0 spiro atoms. The van der Waals surface area contributed by atoms with Crippen molar-refractivity contribution in [3.63, 3.8) is 0 Å². The van der Waals surface area contributed by atoms with Crippen LogP contribution in [-0.4, -0.2) is 37.6 Å². The summed E-state index contributed by atoms with van der Waals surface area (Å²) in [6, 6.07) is 15.6. The maximum Gasteiger partial charge on any atom is 0.251 e. The molecule has 3 rings (SSSR count). The lowest BCUT2D eigenvalue weighted by molar-refractivity contribution is -0.123. The maximum atomic E-state index is 12.7. The Morgan fingerprint density at radius 1 is 1.11 bits per heavy atom. The largest absolute Gasteiger partial charge is 0.381 e. The third-order valence-corrected chi connectivity index (χ3v) is 4.85. The van der Waals surface area contributed by atoms with Gasteiger partial charge in [0.25, 0.3) is 5.91 Å². The van der Waals surface area contributed by atoms with Crippen LogP contribution >= 0.6 is 11.6 Å². The van der Waals surface area contributed by atoms with Gasteiger partial charge in [-0.1, -0.05) is 41.9 Å². The molecule has 1 heterocycles. The second kappa shape index (κ2) is 9.53. The fraction of sp³-hybridized carbons (Fsp3) is 0.333. The molecule has 2 aromatic rings. The zero-order valence-corrected chi connectivity index (χ0v) is 15.7. The summed E-state index contributed by atoms with van der Waals surface area (Å²) in [6.07, 6.45) is 1.37. The van der Waals surface area contributed by atoms with Gasteiger partial charge in [-0.05, 0) is 36.2 Å². The number of halogens is 1. The van der Waals surface area contributed by atoms with Crippen molar-refractivity contribution in [2.24, 2.45) is 5.92 Å². The minimum Gasteiger partial charge on any atom is -0.381 e. The quantitative estimate of drug-likeness (QED) is 0.768. The average Bonchev–Trinajstić information content (AvgIpc) is 3.20. The molecular weight excluding hydrogens is 364 g/mol. The predicted octanol–water partition coefficient (Wildman–Crippen LogP) is 2.83. The zero-order valence-electron chi connectivity index (χ0n) is 15.0. The SMILES string of the molecule is O=C(N[C@H](Cc1ccccc1)C(=O)NC[C@H]1CCOC1)c1ccc(Cl)cc1. The molecule has 2 atom stereocenters. The fourth-order valence-electron chi connectivity index (χ4n) is 3.01. The Morgan fingerprint density at radius 2 is 1.85 bits per heavy atom. The van der Waals surface area contributed by atoms with E-state index in [0.29, 0.717) is 36.1 Å². The van der Waals surface area contributed by atoms with Crippen LogP contribution in [0.5, 0.6) is 0 Å². The summed E-state index contributed by atoms with van der Waals surface area (Å²) < 4.78 is 5.35. The minimum atomic E-state index is -0.655. The van der Waals surface area contributed by atoms with Crippen molar-refractivity contribution in [1.29, 1.82) is 0 Å². The number of carbonyl (C=O) groups is 2. The third kappa shape index (κ3) is 5.81. The van der Waals surface area contributed by atoms with Crippen LogP contribution in [0.25, 0.3) is 0 Å². The van der Waals surface area contributed by atoms with Gasteiger partial charge in [-0.3, -0.25) is 9.59 Å². The Morgan fingerprint density at radius 3 is 2.52 bits per heavy atom. The Labute approximate surface area is 164 Å². The minimum absolute atomic E-state index is 0.187. The first-order chi connectivity index (χ1) is 13.1. The highest BCUT2D eigenvalue weighted by Gasteiger charge is 2.24. The predicted molar refractivity (Wildman–Crippen MR) is 105 cm³/mol. The van der Waals surface area contributed by atoms with Gasteiger partial charge in [-0.2, -0.15) is 0 Å². The Hall–Kier alpha value is -2.37. The summed E-state index contributed by atoms with van der Waals surface area (Å²) in [5.41, 5.74) is 1.45. The molecule has 1 aliphatic heterocycles. The van der Waals surface area contributed by atoms with E-state index in [4.69, 9.17) is 16.3 Å². The number of carbonyl (C=O) groups excluding carboxylic acids is 2. The summed E-state index contributed by atoms with van der Waals surface area (Å²) in [7, 11) is 0. The molecular formula is C21H23ClN2O3. The van der Waals surface area contributed by atoms with Crippen LogP contribution in [0, 0.1) is 5.92 Å². The number of benzene rings is 2. The summed E-state index contributed by atoms with van der Waals surface area (Å²) >= 11 is 5.88. The van der Waals surface area contributed by atoms with E-state index >= 15 is 0 Å². The van der Waals surface area contributed by atoms with Crippen molar-refractivity contribution in [1.82, 2.24) is 10.6 Å². The van der Waals surface area contributed by atoms with E-state index < -0.39 is 6.04 Å². The van der Waals surface area contributed by atoms with Gasteiger partial charge in [0.1, 0.15) is 6.04 Å². The van der Waals surface area contributed by atoms with E-state index in [9.17, 15) is 9.59 Å². The first kappa shape index (κ1) is 19.4. The Kier molecular flexibility index (Phi) is 6.85. The number of amides is 2. The van der Waals surface area contributed by atoms with Gasteiger partial charge in [0.05, 0.1) is 6.61 Å². The van der Waals surface area contributed by atoms with Crippen LogP contribution in [0.3, 0.4) is 0 Å². The molecule has 0 bridgehead atoms. The van der Waals surface area contributed by atoms with Crippen LogP contribution in [0.4, 0.5) is 0 Å². The summed E-state index contributed by atoms with van der Waals surface area (Å²) in [4.78, 5) is 25.3. The summed E-state index contributed by atoms with van der Waals surface area (Å²) in [5.74, 6) is -0.154. The molecule has 1 saturated heterocycles. The molecule has 0 aliphatic carbocycles. The lowest BCUT2D eigenvalue weighted by atomic mass is 10.0. The monoisotopic (exact) mass is 386 g/mol. The smallest absolute Gasteiger partial charge is 0.251 e. The highest BCUT2D eigenvalue weighted by atomic mass is 35.5. The van der Waals surface area contributed by atoms with Gasteiger partial charge in [-0.25, -0.2) is 0 Å². The van der Waals surface area contributed by atoms with Crippen molar-refractivity contribution >= 4 is 23.4 Å². The molecule has 2 aromatic carbocycles. The molecule has 142 valence electrons. The Balaban J connectivity index is 1.67. The highest BCUT2D eigenvalue weighted by molar-refractivity contribution is 6.30. The van der Waals surface area contributed by atoms with Crippen molar-refractivity contribution < 1.29 is 14.3 Å². The lowest BCUT2D eigenvalue weighted by Crippen LogP contribution is -2.49. The first-order valence-electron chi connectivity index (χ1n) is 9.07. The number of hydrogen-bond donors (Lipinski definition) is 2. The molecule has 0 unspecified atom stereocenters. The maximum absolute atomic E-state index is 12.7. The first-order valence-corrected chi connectivity index (χ1v) is 9.45. The van der Waals surface area contributed by atoms with E-state index in [-0.39, 0.29) is 11.8 Å². The molecule has 6 heteroatoms. The van der Waals surface area contributed by atoms with Crippen molar-refractivity contribution in [3.8, 4) is 0 Å². The van der Waals surface area contributed by atoms with Crippen molar-refractivity contribution in [2.45, 2.75) is 18.9 Å². The van der Waals surface area contributed by atoms with E-state index in [2.05, 4.69) is 10.6 Å². The van der Waals surface area contributed by atoms with Crippen molar-refractivity contribution in [2.75, 3.05) is 19.8 Å². The summed E-state index contributed by atoms with van der Waals surface area (Å²) in [6.45, 7) is 1.96. The second-order valence-corrected chi connectivity index (χ2v) is 7.13. The zero-order chi connectivity index (χ0) is 19.1. The van der Waals surface area contributed by atoms with Crippen LogP contribution in [0.2, 0.25) is 5.02 Å². The molecule has 0 aromatic heterocycles. The highest BCUT2D eigenvalue weighted by Crippen LogP contribution is 2.12. The van der Waals surface area contributed by atoms with Crippen LogP contribution in [0.15, 0.2) is 54.6 Å². The molecule has 1 aliphatic rings. The molecule has 5 nitrogen and oxygen atoms in total. The fourth-order valence-corrected chi connectivity index (χ4v) is 3.14. The van der Waals surface area contributed by atoms with Gasteiger partial charge in [0.2, 0.25) is 5.91 Å². The lowest BCUT2D eigenvalue weighted by Gasteiger charge is -2.20. The topological polar surface area (TPSA) is 67.4 Å². The van der Waals surface area contributed by atoms with E-state index in [1.807, 2.05) is 30.3 Å². The number of hydrogen-bond acceptors (Lipinski definition) is 3. The normalized spacial score (nSPS) is 17.3. The third-order valence-electron chi connectivity index (χ3n) is 4.60. The standard InChI is InChI=1S/C21H23ClN2O3/c22-18-8-6-17(7-9-18)20(25)24-19(12-15-4-2-1-3-5-15)21(26)23-13-16-10-11-27-14-16/h1-9,16,19H,10-14H2,(H,23,26)(H,24,25)/t16-,19-/m1/s1. The van der Waals surface area contributed by atoms with Crippen LogP contribution < -0.4 is 10.6 Å². The van der Waals surface area contributed by atoms with E-state index in [1.54, 1.807) is 24.3 Å². The van der Waals surface area contributed by atoms with Gasteiger partial charge >= 0.3 is 0 Å². The molecule has 27 heavy (non-hydrogen) atoms.